The molecule has 0 aromatic carbocycles. The molecule has 0 radical (unpaired) electrons. The molecule has 0 spiro atoms. The molecule has 2 unspecified atom stereocenters. The number of nitrogens with one attached hydrogen (secondary N) is 1. The lowest BCUT2D eigenvalue weighted by molar-refractivity contribution is -0.154. The van der Waals surface area contributed by atoms with Crippen molar-refractivity contribution in [2.45, 2.75) is 45.8 Å². The van der Waals surface area contributed by atoms with Crippen molar-refractivity contribution in [1.29, 1.82) is 0 Å². The van der Waals surface area contributed by atoms with Gasteiger partial charge in [0.25, 0.3) is 0 Å². The number of ether oxygens (including phenoxy) is 1. The average molecular weight is 229 g/mol. The Bertz CT molecular complexity index is 313. The van der Waals surface area contributed by atoms with Crippen LogP contribution in [0.15, 0.2) is 0 Å². The molecule has 1 rings (SSSR count). The first kappa shape index (κ1) is 13.0. The van der Waals surface area contributed by atoms with Crippen molar-refractivity contribution in [2.24, 2.45) is 5.41 Å². The monoisotopic (exact) mass is 229 g/mol. The average Bonchev–Trinajstić information content (AvgIpc) is 2.46. The van der Waals surface area contributed by atoms with E-state index in [1.54, 1.807) is 0 Å². The molecular formula is C11H19NO4. The molecule has 1 aliphatic rings. The summed E-state index contributed by atoms with van der Waals surface area (Å²) in [7, 11) is 0. The molecule has 92 valence electrons. The van der Waals surface area contributed by atoms with Gasteiger partial charge in [0.2, 0.25) is 5.91 Å². The summed E-state index contributed by atoms with van der Waals surface area (Å²) in [4.78, 5) is 22.8. The number of carbonyl (C=O) groups is 2. The molecule has 16 heavy (non-hydrogen) atoms. The van der Waals surface area contributed by atoms with Crippen molar-refractivity contribution in [3.05, 3.63) is 0 Å². The number of hydrogen-bond acceptors (Lipinski definition) is 3. The Morgan fingerprint density at radius 1 is 1.50 bits per heavy atom. The number of carboxylic acid groups (broad SMARTS) is 1. The van der Waals surface area contributed by atoms with Crippen molar-refractivity contribution < 1.29 is 19.4 Å². The van der Waals surface area contributed by atoms with Crippen molar-refractivity contribution in [2.75, 3.05) is 6.61 Å². The summed E-state index contributed by atoms with van der Waals surface area (Å²) in [5, 5.41) is 11.7. The van der Waals surface area contributed by atoms with Gasteiger partial charge in [-0.1, -0.05) is 0 Å². The predicted octanol–water partition coefficient (Wildman–Crippen LogP) is 0.781. The highest BCUT2D eigenvalue weighted by atomic mass is 16.5. The van der Waals surface area contributed by atoms with Gasteiger partial charge in [-0.2, -0.15) is 0 Å². The second-order valence-corrected chi connectivity index (χ2v) is 5.06. The van der Waals surface area contributed by atoms with Crippen LogP contribution in [0.1, 0.15) is 34.1 Å². The standard InChI is InChI=1S/C11H19NO4/c1-7-11(4,5-6-16-7)12-8(13)10(2,3)9(14)15/h7H,5-6H2,1-4H3,(H,12,13)(H,14,15). The van der Waals surface area contributed by atoms with E-state index >= 15 is 0 Å². The molecule has 0 bridgehead atoms. The first-order chi connectivity index (χ1) is 7.20. The zero-order valence-corrected chi connectivity index (χ0v) is 10.2. The molecule has 0 aromatic heterocycles. The van der Waals surface area contributed by atoms with E-state index in [-0.39, 0.29) is 6.10 Å². The van der Waals surface area contributed by atoms with Crippen LogP contribution in [0, 0.1) is 5.41 Å². The molecule has 5 heteroatoms. The van der Waals surface area contributed by atoms with E-state index in [1.807, 2.05) is 13.8 Å². The Kier molecular flexibility index (Phi) is 3.28. The molecule has 5 nitrogen and oxygen atoms in total. The van der Waals surface area contributed by atoms with Crippen LogP contribution < -0.4 is 5.32 Å². The van der Waals surface area contributed by atoms with Gasteiger partial charge < -0.3 is 15.2 Å². The van der Waals surface area contributed by atoms with Gasteiger partial charge in [-0.05, 0) is 34.1 Å². The Morgan fingerprint density at radius 3 is 2.44 bits per heavy atom. The first-order valence-electron chi connectivity index (χ1n) is 5.38. The van der Waals surface area contributed by atoms with E-state index in [0.29, 0.717) is 13.0 Å². The van der Waals surface area contributed by atoms with Crippen LogP contribution in [0.25, 0.3) is 0 Å². The third-order valence-corrected chi connectivity index (χ3v) is 3.39. The lowest BCUT2D eigenvalue weighted by Gasteiger charge is -2.32. The van der Waals surface area contributed by atoms with E-state index in [2.05, 4.69) is 5.32 Å². The second-order valence-electron chi connectivity index (χ2n) is 5.06. The Labute approximate surface area is 95.2 Å². The van der Waals surface area contributed by atoms with Crippen LogP contribution in [0.4, 0.5) is 0 Å². The van der Waals surface area contributed by atoms with Crippen molar-refractivity contribution in [3.8, 4) is 0 Å². The maximum atomic E-state index is 11.9. The molecule has 2 atom stereocenters. The van der Waals surface area contributed by atoms with E-state index < -0.39 is 22.8 Å². The lowest BCUT2D eigenvalue weighted by Crippen LogP contribution is -2.55. The largest absolute Gasteiger partial charge is 0.480 e. The molecule has 1 fully saturated rings. The maximum Gasteiger partial charge on any atom is 0.318 e. The fourth-order valence-electron chi connectivity index (χ4n) is 1.51. The first-order valence-corrected chi connectivity index (χ1v) is 5.38. The number of amides is 1. The SMILES string of the molecule is CC1OCCC1(C)NC(=O)C(C)(C)C(=O)O. The second kappa shape index (κ2) is 4.05. The third kappa shape index (κ3) is 2.19. The summed E-state index contributed by atoms with van der Waals surface area (Å²) < 4.78 is 5.38. The third-order valence-electron chi connectivity index (χ3n) is 3.39. The molecule has 1 amide bonds. The summed E-state index contributed by atoms with van der Waals surface area (Å²) in [5.41, 5.74) is -1.88. The zero-order chi connectivity index (χ0) is 12.6. The summed E-state index contributed by atoms with van der Waals surface area (Å²) in [6.07, 6.45) is 0.608. The topological polar surface area (TPSA) is 75.6 Å². The van der Waals surface area contributed by atoms with Gasteiger partial charge >= 0.3 is 5.97 Å². The van der Waals surface area contributed by atoms with Gasteiger partial charge in [0, 0.05) is 6.61 Å². The van der Waals surface area contributed by atoms with E-state index in [9.17, 15) is 9.59 Å². The minimum absolute atomic E-state index is 0.0963. The van der Waals surface area contributed by atoms with E-state index in [4.69, 9.17) is 9.84 Å². The molecule has 2 N–H and O–H groups in total. The molecule has 0 aromatic rings. The van der Waals surface area contributed by atoms with Gasteiger partial charge in [0.15, 0.2) is 0 Å². The molecule has 0 aliphatic carbocycles. The van der Waals surface area contributed by atoms with Gasteiger partial charge in [0.1, 0.15) is 5.41 Å². The molecule has 1 aliphatic heterocycles. The summed E-state index contributed by atoms with van der Waals surface area (Å²) in [5.74, 6) is -1.60. The number of aliphatic carboxylic acids is 1. The summed E-state index contributed by atoms with van der Waals surface area (Å²) in [6, 6.07) is 0. The highest BCUT2D eigenvalue weighted by Crippen LogP contribution is 2.27. The van der Waals surface area contributed by atoms with Crippen molar-refractivity contribution >= 4 is 11.9 Å². The molecule has 1 saturated heterocycles. The van der Waals surface area contributed by atoms with Crippen LogP contribution in [0.5, 0.6) is 0 Å². The van der Waals surface area contributed by atoms with Crippen LogP contribution in [-0.2, 0) is 14.3 Å². The fraction of sp³-hybridized carbons (Fsp3) is 0.818. The zero-order valence-electron chi connectivity index (χ0n) is 10.2. The van der Waals surface area contributed by atoms with Gasteiger partial charge in [-0.3, -0.25) is 9.59 Å². The van der Waals surface area contributed by atoms with Crippen LogP contribution in [0.3, 0.4) is 0 Å². The highest BCUT2D eigenvalue weighted by molar-refractivity contribution is 6.01. The van der Waals surface area contributed by atoms with Crippen LogP contribution in [-0.4, -0.2) is 35.2 Å². The van der Waals surface area contributed by atoms with Gasteiger partial charge in [-0.25, -0.2) is 0 Å². The molecular weight excluding hydrogens is 210 g/mol. The Hall–Kier alpha value is -1.10. The number of carbonyl (C=O) groups excluding carboxylic acids is 1. The molecule has 0 saturated carbocycles. The quantitative estimate of drug-likeness (QED) is 0.701. The predicted molar refractivity (Wildman–Crippen MR) is 58.0 cm³/mol. The fourth-order valence-corrected chi connectivity index (χ4v) is 1.51. The number of rotatable bonds is 3. The van der Waals surface area contributed by atoms with Crippen molar-refractivity contribution in [3.63, 3.8) is 0 Å². The van der Waals surface area contributed by atoms with E-state index in [1.165, 1.54) is 13.8 Å². The highest BCUT2D eigenvalue weighted by Gasteiger charge is 2.44. The summed E-state index contributed by atoms with van der Waals surface area (Å²) >= 11 is 0. The lowest BCUT2D eigenvalue weighted by atomic mass is 9.88. The minimum Gasteiger partial charge on any atom is -0.480 e. The van der Waals surface area contributed by atoms with Gasteiger partial charge in [-0.15, -0.1) is 0 Å². The Morgan fingerprint density at radius 2 is 2.06 bits per heavy atom. The smallest absolute Gasteiger partial charge is 0.318 e. The van der Waals surface area contributed by atoms with E-state index in [0.717, 1.165) is 0 Å². The number of hydrogen-bond donors (Lipinski definition) is 2. The van der Waals surface area contributed by atoms with Crippen LogP contribution >= 0.6 is 0 Å². The summed E-state index contributed by atoms with van der Waals surface area (Å²) in [6.45, 7) is 7.13. The minimum atomic E-state index is -1.41. The number of carboxylic acids is 1. The maximum absolute atomic E-state index is 11.9. The Balaban J connectivity index is 2.75. The normalized spacial score (nSPS) is 30.1. The van der Waals surface area contributed by atoms with Gasteiger partial charge in [0.05, 0.1) is 11.6 Å². The van der Waals surface area contributed by atoms with Crippen LogP contribution in [0.2, 0.25) is 0 Å². The van der Waals surface area contributed by atoms with Crippen molar-refractivity contribution in [1.82, 2.24) is 5.32 Å². The molecule has 1 heterocycles.